The lowest BCUT2D eigenvalue weighted by Gasteiger charge is -2.24. The molecule has 1 aliphatic heterocycles. The quantitative estimate of drug-likeness (QED) is 0.163. The number of thiophene rings is 1. The van der Waals surface area contributed by atoms with Crippen LogP contribution in [-0.4, -0.2) is 28.3 Å². The van der Waals surface area contributed by atoms with Crippen LogP contribution in [0.1, 0.15) is 36.5 Å². The molecule has 2 unspecified atom stereocenters. The molecular weight excluding hydrogens is 747 g/mol. The second kappa shape index (κ2) is 12.8. The molecule has 0 bridgehead atoms. The Labute approximate surface area is 343 Å². The van der Waals surface area contributed by atoms with Crippen molar-refractivity contribution < 1.29 is 0 Å². The Bertz CT molecular complexity index is 3040. The normalized spacial score (nSPS) is 17.5. The van der Waals surface area contributed by atoms with Crippen LogP contribution in [0.5, 0.6) is 0 Å². The van der Waals surface area contributed by atoms with E-state index >= 15 is 0 Å². The first kappa shape index (κ1) is 34.8. The zero-order valence-electron chi connectivity index (χ0n) is 32.7. The summed E-state index contributed by atoms with van der Waals surface area (Å²) in [4.78, 5) is 17.3. The van der Waals surface area contributed by atoms with E-state index in [2.05, 4.69) is 179 Å². The molecule has 3 nitrogen and oxygen atoms in total. The number of aromatic nitrogens is 3. The molecule has 0 N–H and O–H groups in total. The van der Waals surface area contributed by atoms with E-state index in [0.29, 0.717) is 22.7 Å². The largest absolute Gasteiger partial charge is 0.208 e. The number of thioether (sulfide) groups is 1. The summed E-state index contributed by atoms with van der Waals surface area (Å²) in [5.41, 5.74) is 12.2. The van der Waals surface area contributed by atoms with Crippen LogP contribution in [0.2, 0.25) is 19.6 Å². The average molecular weight is 788 g/mol. The Balaban J connectivity index is 1.07. The van der Waals surface area contributed by atoms with Gasteiger partial charge in [-0.3, -0.25) is 0 Å². The van der Waals surface area contributed by atoms with Crippen molar-refractivity contribution in [2.45, 2.75) is 55.0 Å². The SMILES string of the molecule is CC1(C)c2cc(-c3cccc(-c4nc(-c5cccc6c5C5C=CC=CC5S6)nc(-c5cccc6sc7ccccc7c56)n4)c3)ccc2-c2ccc([Si](C)(C)C)cc21. The number of allylic oxidation sites excluding steroid dienone is 3. The Morgan fingerprint density at radius 3 is 2.09 bits per heavy atom. The van der Waals surface area contributed by atoms with E-state index < -0.39 is 8.07 Å². The van der Waals surface area contributed by atoms with Gasteiger partial charge in [-0.2, -0.15) is 0 Å². The van der Waals surface area contributed by atoms with E-state index in [1.54, 1.807) is 0 Å². The van der Waals surface area contributed by atoms with Crippen molar-refractivity contribution in [3.8, 4) is 56.4 Å². The molecule has 2 aromatic heterocycles. The number of fused-ring (bicyclic) bond motifs is 9. The molecule has 8 aromatic rings. The topological polar surface area (TPSA) is 38.7 Å². The van der Waals surface area contributed by atoms with Crippen molar-refractivity contribution in [2.75, 3.05) is 0 Å². The van der Waals surface area contributed by atoms with Gasteiger partial charge in [0.2, 0.25) is 0 Å². The van der Waals surface area contributed by atoms with Crippen molar-refractivity contribution in [1.82, 2.24) is 15.0 Å². The maximum Gasteiger partial charge on any atom is 0.164 e. The highest BCUT2D eigenvalue weighted by molar-refractivity contribution is 8.00. The molecule has 0 fully saturated rings. The van der Waals surface area contributed by atoms with Crippen LogP contribution in [0.4, 0.5) is 0 Å². The zero-order chi connectivity index (χ0) is 38.6. The lowest BCUT2D eigenvalue weighted by atomic mass is 9.81. The molecule has 6 heteroatoms. The van der Waals surface area contributed by atoms with Crippen molar-refractivity contribution in [1.29, 1.82) is 0 Å². The first-order valence-electron chi connectivity index (χ1n) is 19.8. The Morgan fingerprint density at radius 1 is 0.561 bits per heavy atom. The van der Waals surface area contributed by atoms with Gasteiger partial charge in [0.05, 0.1) is 8.07 Å². The summed E-state index contributed by atoms with van der Waals surface area (Å²) >= 11 is 3.75. The standard InChI is InChI=1S/C51H41N3S2Si/c1-51(2)40-28-31(23-25-34(40)35-26-24-33(29-41(35)51)57(3,4)5)30-13-10-14-32(27-30)48-52-49(38-17-11-21-44-46(38)36-15-6-8-19-42(36)55-44)54-50(53-48)39-18-12-22-45-47(39)37-16-7-9-20-43(37)56-45/h6-29,36,42H,1-5H3. The lowest BCUT2D eigenvalue weighted by molar-refractivity contribution is 0.661. The first-order valence-corrected chi connectivity index (χ1v) is 25.0. The minimum absolute atomic E-state index is 0.0879. The van der Waals surface area contributed by atoms with E-state index in [0.717, 1.165) is 22.3 Å². The molecular formula is C51H41N3S2Si. The third-order valence-corrected chi connectivity index (χ3v) is 16.8. The predicted molar refractivity (Wildman–Crippen MR) is 246 cm³/mol. The molecule has 3 aliphatic rings. The summed E-state index contributed by atoms with van der Waals surface area (Å²) in [6, 6.07) is 44.8. The fourth-order valence-electron chi connectivity index (χ4n) is 9.22. The van der Waals surface area contributed by atoms with Gasteiger partial charge in [-0.1, -0.05) is 154 Å². The summed E-state index contributed by atoms with van der Waals surface area (Å²) in [5.74, 6) is 2.37. The van der Waals surface area contributed by atoms with Crippen molar-refractivity contribution >= 4 is 56.5 Å². The van der Waals surface area contributed by atoms with E-state index in [4.69, 9.17) is 15.0 Å². The summed E-state index contributed by atoms with van der Waals surface area (Å²) in [7, 11) is -1.45. The molecule has 6 aromatic carbocycles. The van der Waals surface area contributed by atoms with Crippen molar-refractivity contribution in [2.24, 2.45) is 0 Å². The van der Waals surface area contributed by atoms with Gasteiger partial charge in [0.15, 0.2) is 17.5 Å². The number of nitrogens with zero attached hydrogens (tertiary/aromatic N) is 3. The van der Waals surface area contributed by atoms with Gasteiger partial charge in [-0.05, 0) is 69.3 Å². The molecule has 0 radical (unpaired) electrons. The second-order valence-electron chi connectivity index (χ2n) is 17.2. The fourth-order valence-corrected chi connectivity index (χ4v) is 12.9. The van der Waals surface area contributed by atoms with E-state index in [1.807, 2.05) is 23.1 Å². The van der Waals surface area contributed by atoms with Crippen LogP contribution in [0.15, 0.2) is 151 Å². The van der Waals surface area contributed by atoms with Gasteiger partial charge in [0, 0.05) is 58.3 Å². The van der Waals surface area contributed by atoms with Crippen molar-refractivity contribution in [3.63, 3.8) is 0 Å². The number of rotatable bonds is 5. The number of hydrogen-bond donors (Lipinski definition) is 0. The highest BCUT2D eigenvalue weighted by atomic mass is 32.2. The molecule has 2 aliphatic carbocycles. The highest BCUT2D eigenvalue weighted by Gasteiger charge is 2.37. The van der Waals surface area contributed by atoms with Gasteiger partial charge in [0.25, 0.3) is 0 Å². The minimum atomic E-state index is -1.45. The molecule has 0 saturated heterocycles. The summed E-state index contributed by atoms with van der Waals surface area (Å²) in [6.45, 7) is 12.1. The van der Waals surface area contributed by atoms with Gasteiger partial charge in [0.1, 0.15) is 0 Å². The van der Waals surface area contributed by atoms with Gasteiger partial charge >= 0.3 is 0 Å². The molecule has 11 rings (SSSR count). The summed E-state index contributed by atoms with van der Waals surface area (Å²) < 4.78 is 2.50. The molecule has 0 spiro atoms. The monoisotopic (exact) mass is 787 g/mol. The van der Waals surface area contributed by atoms with Gasteiger partial charge < -0.3 is 0 Å². The molecule has 2 atom stereocenters. The van der Waals surface area contributed by atoms with E-state index in [-0.39, 0.29) is 11.3 Å². The zero-order valence-corrected chi connectivity index (χ0v) is 35.3. The number of benzene rings is 6. The molecule has 0 saturated carbocycles. The summed E-state index contributed by atoms with van der Waals surface area (Å²) in [6.07, 6.45) is 9.00. The summed E-state index contributed by atoms with van der Waals surface area (Å²) in [5, 5.41) is 4.32. The van der Waals surface area contributed by atoms with Crippen LogP contribution >= 0.6 is 23.1 Å². The molecule has 0 amide bonds. The van der Waals surface area contributed by atoms with Crippen LogP contribution in [-0.2, 0) is 5.41 Å². The lowest BCUT2D eigenvalue weighted by Crippen LogP contribution is -2.38. The Morgan fingerprint density at radius 2 is 1.23 bits per heavy atom. The Kier molecular flexibility index (Phi) is 7.82. The first-order chi connectivity index (χ1) is 27.6. The predicted octanol–water partition coefficient (Wildman–Crippen LogP) is 13.4. The van der Waals surface area contributed by atoms with Crippen molar-refractivity contribution in [3.05, 3.63) is 162 Å². The highest BCUT2D eigenvalue weighted by Crippen LogP contribution is 2.52. The fraction of sp³-hybridized carbons (Fsp3) is 0.157. The molecule has 3 heterocycles. The van der Waals surface area contributed by atoms with Crippen LogP contribution in [0, 0.1) is 0 Å². The van der Waals surface area contributed by atoms with Crippen LogP contribution in [0.25, 0.3) is 76.6 Å². The minimum Gasteiger partial charge on any atom is -0.208 e. The maximum absolute atomic E-state index is 5.36. The van der Waals surface area contributed by atoms with Crippen LogP contribution in [0.3, 0.4) is 0 Å². The van der Waals surface area contributed by atoms with E-state index in [1.165, 1.54) is 63.6 Å². The second-order valence-corrected chi connectivity index (χ2v) is 24.5. The Hall–Kier alpha value is -5.40. The average Bonchev–Trinajstić information content (AvgIpc) is 3.88. The smallest absolute Gasteiger partial charge is 0.164 e. The third-order valence-electron chi connectivity index (χ3n) is 12.3. The van der Waals surface area contributed by atoms with E-state index in [9.17, 15) is 0 Å². The molecule has 276 valence electrons. The van der Waals surface area contributed by atoms with Gasteiger partial charge in [-0.25, -0.2) is 15.0 Å². The number of hydrogen-bond acceptors (Lipinski definition) is 5. The van der Waals surface area contributed by atoms with Gasteiger partial charge in [-0.15, -0.1) is 23.1 Å². The molecule has 57 heavy (non-hydrogen) atoms. The van der Waals surface area contributed by atoms with Crippen LogP contribution < -0.4 is 5.19 Å². The maximum atomic E-state index is 5.36. The third kappa shape index (κ3) is 5.56.